The predicted octanol–water partition coefficient (Wildman–Crippen LogP) is 3.19. The number of carbonyl (C=O) groups excluding carboxylic acids is 1. The van der Waals surface area contributed by atoms with E-state index in [1.807, 2.05) is 13.8 Å². The van der Waals surface area contributed by atoms with Crippen molar-refractivity contribution in [3.8, 4) is 0 Å². The van der Waals surface area contributed by atoms with E-state index in [-0.39, 0.29) is 35.3 Å². The molecule has 0 aliphatic heterocycles. The van der Waals surface area contributed by atoms with Crippen molar-refractivity contribution in [1.82, 2.24) is 14.9 Å². The normalized spacial score (nSPS) is 11.0. The third-order valence-electron chi connectivity index (χ3n) is 4.60. The second-order valence-electron chi connectivity index (χ2n) is 6.76. The number of aromatic nitrogens is 2. The summed E-state index contributed by atoms with van der Waals surface area (Å²) in [5.41, 5.74) is 0.730. The quantitative estimate of drug-likeness (QED) is 0.540. The van der Waals surface area contributed by atoms with Crippen molar-refractivity contribution in [3.05, 3.63) is 79.9 Å². The molecule has 0 aliphatic carbocycles. The number of rotatable bonds is 5. The molecule has 2 aromatic carbocycles. The van der Waals surface area contributed by atoms with Crippen molar-refractivity contribution < 1.29 is 9.72 Å². The van der Waals surface area contributed by atoms with Crippen LogP contribution < -0.4 is 5.56 Å². The van der Waals surface area contributed by atoms with Crippen LogP contribution in [0.2, 0.25) is 0 Å². The summed E-state index contributed by atoms with van der Waals surface area (Å²) in [6.45, 7) is 5.31. The maximum atomic E-state index is 13.1. The van der Waals surface area contributed by atoms with Gasteiger partial charge < -0.3 is 9.88 Å². The second kappa shape index (κ2) is 7.59. The number of nitro benzene ring substituents is 1. The first-order valence-corrected chi connectivity index (χ1v) is 8.82. The molecule has 0 aliphatic rings. The molecule has 0 bridgehead atoms. The Morgan fingerprint density at radius 1 is 1.21 bits per heavy atom. The molecule has 0 spiro atoms. The highest BCUT2D eigenvalue weighted by Crippen LogP contribution is 2.23. The topological polar surface area (TPSA) is 109 Å². The molecule has 0 saturated carbocycles. The molecule has 0 fully saturated rings. The molecule has 0 saturated heterocycles. The first-order chi connectivity index (χ1) is 13.3. The average Bonchev–Trinajstić information content (AvgIpc) is 2.65. The van der Waals surface area contributed by atoms with Gasteiger partial charge in [0.2, 0.25) is 0 Å². The van der Waals surface area contributed by atoms with Crippen LogP contribution in [0.3, 0.4) is 0 Å². The summed E-state index contributed by atoms with van der Waals surface area (Å²) < 4.78 is 0. The Morgan fingerprint density at radius 2 is 1.93 bits per heavy atom. The molecule has 1 N–H and O–H groups in total. The summed E-state index contributed by atoms with van der Waals surface area (Å²) >= 11 is 0. The van der Waals surface area contributed by atoms with Crippen LogP contribution in [0.1, 0.15) is 35.6 Å². The minimum absolute atomic E-state index is 0.0820. The zero-order valence-corrected chi connectivity index (χ0v) is 15.8. The number of hydrogen-bond donors (Lipinski definition) is 1. The molecule has 8 heteroatoms. The fourth-order valence-electron chi connectivity index (χ4n) is 3.07. The van der Waals surface area contributed by atoms with Crippen LogP contribution in [0.25, 0.3) is 10.9 Å². The van der Waals surface area contributed by atoms with Crippen molar-refractivity contribution in [2.45, 2.75) is 33.4 Å². The number of amides is 1. The molecule has 0 atom stereocenters. The van der Waals surface area contributed by atoms with Crippen LogP contribution in [-0.2, 0) is 6.54 Å². The SMILES string of the molecule is Cc1c(C(=O)N(Cc2nc3ccccc3c(=O)[nH]2)C(C)C)cccc1[N+](=O)[O-]. The minimum atomic E-state index is -0.506. The highest BCUT2D eigenvalue weighted by atomic mass is 16.6. The van der Waals surface area contributed by atoms with Gasteiger partial charge in [-0.15, -0.1) is 0 Å². The fourth-order valence-corrected chi connectivity index (χ4v) is 3.07. The smallest absolute Gasteiger partial charge is 0.273 e. The van der Waals surface area contributed by atoms with Gasteiger partial charge in [-0.3, -0.25) is 19.7 Å². The van der Waals surface area contributed by atoms with E-state index in [9.17, 15) is 19.7 Å². The summed E-state index contributed by atoms with van der Waals surface area (Å²) in [4.78, 5) is 44.8. The number of para-hydroxylation sites is 1. The van der Waals surface area contributed by atoms with Gasteiger partial charge >= 0.3 is 0 Å². The number of aromatic amines is 1. The van der Waals surface area contributed by atoms with Crippen molar-refractivity contribution in [2.75, 3.05) is 0 Å². The number of fused-ring (bicyclic) bond motifs is 1. The van der Waals surface area contributed by atoms with Gasteiger partial charge in [0, 0.05) is 23.2 Å². The fraction of sp³-hybridized carbons (Fsp3) is 0.250. The Hall–Kier alpha value is -3.55. The number of nitro groups is 1. The third-order valence-corrected chi connectivity index (χ3v) is 4.60. The lowest BCUT2D eigenvalue weighted by atomic mass is 10.0. The Morgan fingerprint density at radius 3 is 2.61 bits per heavy atom. The zero-order chi connectivity index (χ0) is 20.4. The third kappa shape index (κ3) is 3.62. The van der Waals surface area contributed by atoms with Gasteiger partial charge in [0.25, 0.3) is 17.2 Å². The lowest BCUT2D eigenvalue weighted by Crippen LogP contribution is -2.37. The Kier molecular flexibility index (Phi) is 5.21. The van der Waals surface area contributed by atoms with E-state index in [0.717, 1.165) is 0 Å². The maximum absolute atomic E-state index is 13.1. The van der Waals surface area contributed by atoms with Crippen LogP contribution in [0, 0.1) is 17.0 Å². The largest absolute Gasteiger partial charge is 0.329 e. The number of hydrogen-bond acceptors (Lipinski definition) is 5. The molecule has 0 unspecified atom stereocenters. The van der Waals surface area contributed by atoms with Crippen molar-refractivity contribution in [3.63, 3.8) is 0 Å². The summed E-state index contributed by atoms with van der Waals surface area (Å²) in [6, 6.07) is 11.2. The molecule has 1 heterocycles. The molecular weight excluding hydrogens is 360 g/mol. The van der Waals surface area contributed by atoms with Crippen LogP contribution in [-0.4, -0.2) is 31.7 Å². The van der Waals surface area contributed by atoms with E-state index in [0.29, 0.717) is 22.3 Å². The van der Waals surface area contributed by atoms with E-state index in [4.69, 9.17) is 0 Å². The highest BCUT2D eigenvalue weighted by molar-refractivity contribution is 5.96. The van der Waals surface area contributed by atoms with E-state index in [2.05, 4.69) is 9.97 Å². The lowest BCUT2D eigenvalue weighted by molar-refractivity contribution is -0.385. The van der Waals surface area contributed by atoms with Gasteiger partial charge in [-0.2, -0.15) is 0 Å². The zero-order valence-electron chi connectivity index (χ0n) is 15.8. The number of nitrogens with one attached hydrogen (secondary N) is 1. The first kappa shape index (κ1) is 19.2. The number of nitrogens with zero attached hydrogens (tertiary/aromatic N) is 3. The molecule has 1 aromatic heterocycles. The predicted molar refractivity (Wildman–Crippen MR) is 105 cm³/mol. The van der Waals surface area contributed by atoms with Crippen molar-refractivity contribution in [1.29, 1.82) is 0 Å². The lowest BCUT2D eigenvalue weighted by Gasteiger charge is -2.27. The second-order valence-corrected chi connectivity index (χ2v) is 6.76. The van der Waals surface area contributed by atoms with E-state index in [1.54, 1.807) is 37.3 Å². The van der Waals surface area contributed by atoms with Gasteiger partial charge in [0.1, 0.15) is 5.82 Å². The Balaban J connectivity index is 1.99. The molecule has 0 radical (unpaired) electrons. The maximum Gasteiger partial charge on any atom is 0.273 e. The summed E-state index contributed by atoms with van der Waals surface area (Å²) in [6.07, 6.45) is 0. The van der Waals surface area contributed by atoms with E-state index in [1.165, 1.54) is 17.0 Å². The number of H-pyrrole nitrogens is 1. The van der Waals surface area contributed by atoms with Crippen LogP contribution >= 0.6 is 0 Å². The first-order valence-electron chi connectivity index (χ1n) is 8.82. The van der Waals surface area contributed by atoms with Gasteiger partial charge in [0.15, 0.2) is 0 Å². The Labute approximate surface area is 161 Å². The minimum Gasteiger partial charge on any atom is -0.329 e. The van der Waals surface area contributed by atoms with E-state index >= 15 is 0 Å². The molecule has 1 amide bonds. The van der Waals surface area contributed by atoms with Gasteiger partial charge in [0.05, 0.1) is 22.4 Å². The molecule has 8 nitrogen and oxygen atoms in total. The number of carbonyl (C=O) groups is 1. The van der Waals surface area contributed by atoms with Crippen LogP contribution in [0.15, 0.2) is 47.3 Å². The molecule has 3 rings (SSSR count). The highest BCUT2D eigenvalue weighted by Gasteiger charge is 2.25. The summed E-state index contributed by atoms with van der Waals surface area (Å²) in [5.74, 6) is 0.000779. The van der Waals surface area contributed by atoms with Gasteiger partial charge in [-0.1, -0.05) is 18.2 Å². The van der Waals surface area contributed by atoms with Crippen molar-refractivity contribution in [2.24, 2.45) is 0 Å². The number of benzene rings is 2. The molecular formula is C20H20N4O4. The van der Waals surface area contributed by atoms with Crippen molar-refractivity contribution >= 4 is 22.5 Å². The van der Waals surface area contributed by atoms with Gasteiger partial charge in [-0.05, 0) is 39.0 Å². The molecule has 144 valence electrons. The average molecular weight is 380 g/mol. The van der Waals surface area contributed by atoms with Crippen LogP contribution in [0.4, 0.5) is 5.69 Å². The van der Waals surface area contributed by atoms with Crippen LogP contribution in [0.5, 0.6) is 0 Å². The van der Waals surface area contributed by atoms with E-state index < -0.39 is 4.92 Å². The molecule has 3 aromatic rings. The summed E-state index contributed by atoms with van der Waals surface area (Å²) in [5, 5.41) is 11.7. The summed E-state index contributed by atoms with van der Waals surface area (Å²) in [7, 11) is 0. The Bertz CT molecular complexity index is 1120. The standard InChI is InChI=1S/C20H20N4O4/c1-12(2)23(20(26)14-8-6-10-17(13(14)3)24(27)28)11-18-21-16-9-5-4-7-15(16)19(25)22-18/h4-10,12H,11H2,1-3H3,(H,21,22,25). The van der Waals surface area contributed by atoms with Gasteiger partial charge in [-0.25, -0.2) is 4.98 Å². The molecule has 28 heavy (non-hydrogen) atoms. The monoisotopic (exact) mass is 380 g/mol.